The van der Waals surface area contributed by atoms with E-state index in [4.69, 9.17) is 0 Å². The fraction of sp³-hybridized carbons (Fsp3) is 0.647. The lowest BCUT2D eigenvalue weighted by molar-refractivity contribution is -0.158. The maximum absolute atomic E-state index is 10.7. The summed E-state index contributed by atoms with van der Waals surface area (Å²) in [6, 6.07) is 10.5. The zero-order valence-corrected chi connectivity index (χ0v) is 11.4. The lowest BCUT2D eigenvalue weighted by atomic mass is 9.48. The quantitative estimate of drug-likeness (QED) is 0.869. The van der Waals surface area contributed by atoms with Crippen LogP contribution in [0.25, 0.3) is 0 Å². The first-order valence-electron chi connectivity index (χ1n) is 7.66. The van der Waals surface area contributed by atoms with Gasteiger partial charge < -0.3 is 10.4 Å². The first kappa shape index (κ1) is 11.8. The van der Waals surface area contributed by atoms with Gasteiger partial charge in [0, 0.05) is 12.2 Å². The second-order valence-corrected chi connectivity index (χ2v) is 7.40. The van der Waals surface area contributed by atoms with Crippen molar-refractivity contribution < 1.29 is 5.11 Å². The van der Waals surface area contributed by atoms with Gasteiger partial charge in [-0.3, -0.25) is 0 Å². The molecule has 0 heterocycles. The van der Waals surface area contributed by atoms with Gasteiger partial charge in [0.2, 0.25) is 0 Å². The summed E-state index contributed by atoms with van der Waals surface area (Å²) in [6.07, 6.45) is 7.17. The molecule has 2 N–H and O–H groups in total. The molecule has 1 aromatic rings. The molecule has 1 aromatic carbocycles. The van der Waals surface area contributed by atoms with Crippen LogP contribution in [0.2, 0.25) is 0 Å². The summed E-state index contributed by atoms with van der Waals surface area (Å²) in [6.45, 7) is 1.03. The van der Waals surface area contributed by atoms with Crippen LogP contribution in [0, 0.1) is 17.3 Å². The van der Waals surface area contributed by atoms with Crippen molar-refractivity contribution in [1.29, 1.82) is 0 Å². The summed E-state index contributed by atoms with van der Waals surface area (Å²) < 4.78 is 0. The van der Waals surface area contributed by atoms with Crippen molar-refractivity contribution in [2.45, 2.75) is 44.1 Å². The van der Waals surface area contributed by atoms with E-state index in [2.05, 4.69) is 35.6 Å². The minimum absolute atomic E-state index is 0.331. The van der Waals surface area contributed by atoms with Crippen molar-refractivity contribution in [1.82, 2.24) is 0 Å². The van der Waals surface area contributed by atoms with Crippen molar-refractivity contribution in [2.75, 3.05) is 11.9 Å². The fourth-order valence-electron chi connectivity index (χ4n) is 5.45. The van der Waals surface area contributed by atoms with E-state index in [0.717, 1.165) is 37.6 Å². The van der Waals surface area contributed by atoms with Crippen molar-refractivity contribution in [3.63, 3.8) is 0 Å². The Labute approximate surface area is 115 Å². The Morgan fingerprint density at radius 2 is 1.74 bits per heavy atom. The highest BCUT2D eigenvalue weighted by Crippen LogP contribution is 2.61. The van der Waals surface area contributed by atoms with Gasteiger partial charge in [0.1, 0.15) is 0 Å². The van der Waals surface area contributed by atoms with Gasteiger partial charge in [0.25, 0.3) is 0 Å². The number of aliphatic hydroxyl groups is 1. The molecule has 4 saturated carbocycles. The van der Waals surface area contributed by atoms with Gasteiger partial charge in [0.05, 0.1) is 5.60 Å². The molecule has 0 aromatic heterocycles. The summed E-state index contributed by atoms with van der Waals surface area (Å²) in [5.74, 6) is 1.56. The smallest absolute Gasteiger partial charge is 0.0659 e. The lowest BCUT2D eigenvalue weighted by Gasteiger charge is -2.60. The third-order valence-corrected chi connectivity index (χ3v) is 5.59. The van der Waals surface area contributed by atoms with E-state index in [9.17, 15) is 5.11 Å². The number of rotatable bonds is 3. The van der Waals surface area contributed by atoms with E-state index in [0.29, 0.717) is 5.41 Å². The van der Waals surface area contributed by atoms with E-state index >= 15 is 0 Å². The fourth-order valence-corrected chi connectivity index (χ4v) is 5.45. The van der Waals surface area contributed by atoms with Crippen LogP contribution < -0.4 is 5.32 Å². The van der Waals surface area contributed by atoms with Gasteiger partial charge in [0.15, 0.2) is 0 Å². The molecule has 19 heavy (non-hydrogen) atoms. The van der Waals surface area contributed by atoms with Crippen LogP contribution in [-0.4, -0.2) is 17.3 Å². The maximum atomic E-state index is 10.7. The molecule has 2 atom stereocenters. The van der Waals surface area contributed by atoms with Crippen molar-refractivity contribution in [2.24, 2.45) is 17.3 Å². The largest absolute Gasteiger partial charge is 0.390 e. The molecule has 0 radical (unpaired) electrons. The molecule has 2 nitrogen and oxygen atoms in total. The van der Waals surface area contributed by atoms with Gasteiger partial charge in [-0.1, -0.05) is 18.2 Å². The first-order chi connectivity index (χ1) is 9.15. The molecule has 0 spiro atoms. The van der Waals surface area contributed by atoms with Gasteiger partial charge in [-0.2, -0.15) is 0 Å². The molecule has 4 aliphatic rings. The van der Waals surface area contributed by atoms with Crippen molar-refractivity contribution in [3.8, 4) is 0 Å². The van der Waals surface area contributed by atoms with Crippen LogP contribution in [0.5, 0.6) is 0 Å². The van der Waals surface area contributed by atoms with Crippen LogP contribution in [0.15, 0.2) is 30.3 Å². The number of nitrogens with one attached hydrogen (secondary N) is 1. The SMILES string of the molecule is OC12CC3CC(C1)CC(CNc1ccccc1)(C3)C2. The van der Waals surface area contributed by atoms with Crippen LogP contribution in [0.4, 0.5) is 5.69 Å². The van der Waals surface area contributed by atoms with Gasteiger partial charge in [-0.15, -0.1) is 0 Å². The van der Waals surface area contributed by atoms with Crippen LogP contribution >= 0.6 is 0 Å². The zero-order valence-electron chi connectivity index (χ0n) is 11.4. The standard InChI is InChI=1S/C17H23NO/c19-17-9-13-6-14(10-17)8-16(7-13,11-17)12-18-15-4-2-1-3-5-15/h1-5,13-14,18-19H,6-12H2. The van der Waals surface area contributed by atoms with Crippen molar-refractivity contribution >= 4 is 5.69 Å². The molecule has 2 heteroatoms. The monoisotopic (exact) mass is 257 g/mol. The highest BCUT2D eigenvalue weighted by Gasteiger charge is 2.56. The summed E-state index contributed by atoms with van der Waals surface area (Å²) in [5, 5.41) is 14.3. The summed E-state index contributed by atoms with van der Waals surface area (Å²) in [7, 11) is 0. The number of hydrogen-bond donors (Lipinski definition) is 2. The first-order valence-corrected chi connectivity index (χ1v) is 7.66. The normalized spacial score (nSPS) is 43.4. The number of anilines is 1. The van der Waals surface area contributed by atoms with Crippen LogP contribution in [0.1, 0.15) is 38.5 Å². The highest BCUT2D eigenvalue weighted by atomic mass is 16.3. The number of para-hydroxylation sites is 1. The van der Waals surface area contributed by atoms with E-state index in [1.165, 1.54) is 24.9 Å². The minimum Gasteiger partial charge on any atom is -0.390 e. The molecule has 4 fully saturated rings. The zero-order chi connectivity index (χ0) is 12.9. The Morgan fingerprint density at radius 1 is 1.05 bits per heavy atom. The molecular weight excluding hydrogens is 234 g/mol. The van der Waals surface area contributed by atoms with Gasteiger partial charge in [-0.25, -0.2) is 0 Å². The Balaban J connectivity index is 1.51. The highest BCUT2D eigenvalue weighted by molar-refractivity contribution is 5.42. The average Bonchev–Trinajstić information content (AvgIpc) is 2.35. The minimum atomic E-state index is -0.331. The summed E-state index contributed by atoms with van der Waals surface area (Å²) in [4.78, 5) is 0. The molecule has 4 bridgehead atoms. The topological polar surface area (TPSA) is 32.3 Å². The predicted octanol–water partition coefficient (Wildman–Crippen LogP) is 3.43. The molecule has 0 saturated heterocycles. The van der Waals surface area contributed by atoms with E-state index in [1.54, 1.807) is 0 Å². The molecule has 2 unspecified atom stereocenters. The van der Waals surface area contributed by atoms with Crippen LogP contribution in [0.3, 0.4) is 0 Å². The molecule has 0 amide bonds. The van der Waals surface area contributed by atoms with Crippen molar-refractivity contribution in [3.05, 3.63) is 30.3 Å². The Bertz CT molecular complexity index is 455. The average molecular weight is 257 g/mol. The Kier molecular flexibility index (Phi) is 2.47. The molecule has 102 valence electrons. The second kappa shape index (κ2) is 3.99. The molecule has 0 aliphatic heterocycles. The summed E-state index contributed by atoms with van der Waals surface area (Å²) >= 11 is 0. The third kappa shape index (κ3) is 2.06. The Morgan fingerprint density at radius 3 is 2.37 bits per heavy atom. The predicted molar refractivity (Wildman–Crippen MR) is 77.0 cm³/mol. The second-order valence-electron chi connectivity index (χ2n) is 7.40. The Hall–Kier alpha value is -1.02. The molecule has 4 aliphatic carbocycles. The van der Waals surface area contributed by atoms with E-state index in [-0.39, 0.29) is 5.60 Å². The number of hydrogen-bond acceptors (Lipinski definition) is 2. The third-order valence-electron chi connectivity index (χ3n) is 5.59. The van der Waals surface area contributed by atoms with E-state index in [1.807, 2.05) is 0 Å². The van der Waals surface area contributed by atoms with Gasteiger partial charge >= 0.3 is 0 Å². The number of benzene rings is 1. The molecular formula is C17H23NO. The molecule has 5 rings (SSSR count). The van der Waals surface area contributed by atoms with Gasteiger partial charge in [-0.05, 0) is 67.9 Å². The lowest BCUT2D eigenvalue weighted by Crippen LogP contribution is -2.57. The van der Waals surface area contributed by atoms with Crippen LogP contribution in [-0.2, 0) is 0 Å². The maximum Gasteiger partial charge on any atom is 0.0659 e. The summed E-state index contributed by atoms with van der Waals surface area (Å²) in [5.41, 5.74) is 1.24. The van der Waals surface area contributed by atoms with E-state index < -0.39 is 0 Å².